The summed E-state index contributed by atoms with van der Waals surface area (Å²) >= 11 is 5.29. The fraction of sp³-hybridized carbons (Fsp3) is 0.625. The first kappa shape index (κ1) is 13.5. The standard InChI is InChI=1S/C16H21N3OS/c17-15(21)11-9-10-3-1-4-12(10)18-16(11)19-7-8-20-14-6-2-5-13(14)19/h9,13-14H,1-8H2,(H2,17,21). The molecule has 1 saturated carbocycles. The van der Waals surface area contributed by atoms with Crippen LogP contribution in [0.25, 0.3) is 0 Å². The van der Waals surface area contributed by atoms with Gasteiger partial charge in [0.1, 0.15) is 10.8 Å². The van der Waals surface area contributed by atoms with Crippen LogP contribution in [0.1, 0.15) is 42.5 Å². The van der Waals surface area contributed by atoms with E-state index >= 15 is 0 Å². The molecular weight excluding hydrogens is 282 g/mol. The van der Waals surface area contributed by atoms with Crippen molar-refractivity contribution >= 4 is 23.0 Å². The number of rotatable bonds is 2. The Morgan fingerprint density at radius 2 is 2.24 bits per heavy atom. The molecule has 2 unspecified atom stereocenters. The first-order chi connectivity index (χ1) is 10.2. The molecule has 2 N–H and O–H groups in total. The van der Waals surface area contributed by atoms with Crippen molar-refractivity contribution < 1.29 is 4.74 Å². The second-order valence-electron chi connectivity index (χ2n) is 6.28. The van der Waals surface area contributed by atoms with Crippen molar-refractivity contribution in [1.82, 2.24) is 4.98 Å². The molecule has 2 heterocycles. The van der Waals surface area contributed by atoms with E-state index in [2.05, 4.69) is 11.0 Å². The topological polar surface area (TPSA) is 51.4 Å². The molecule has 5 heteroatoms. The van der Waals surface area contributed by atoms with Crippen LogP contribution in [-0.2, 0) is 17.6 Å². The lowest BCUT2D eigenvalue weighted by atomic mass is 10.1. The summed E-state index contributed by atoms with van der Waals surface area (Å²) in [7, 11) is 0. The SMILES string of the molecule is NC(=S)c1cc2c(nc1N1CCOC3CCCC31)CCC2. The maximum absolute atomic E-state index is 5.99. The number of fused-ring (bicyclic) bond motifs is 2. The third-order valence-corrected chi connectivity index (χ3v) is 5.27. The third kappa shape index (κ3) is 2.23. The van der Waals surface area contributed by atoms with Crippen molar-refractivity contribution in [1.29, 1.82) is 0 Å². The number of hydrogen-bond donors (Lipinski definition) is 1. The predicted octanol–water partition coefficient (Wildman–Crippen LogP) is 1.96. The molecule has 0 spiro atoms. The summed E-state index contributed by atoms with van der Waals surface area (Å²) in [6, 6.07) is 2.63. The van der Waals surface area contributed by atoms with Crippen LogP contribution in [0, 0.1) is 0 Å². The zero-order chi connectivity index (χ0) is 14.4. The summed E-state index contributed by atoms with van der Waals surface area (Å²) in [6.45, 7) is 1.67. The number of thiocarbonyl (C=S) groups is 1. The summed E-state index contributed by atoms with van der Waals surface area (Å²) in [4.78, 5) is 7.84. The maximum Gasteiger partial charge on any atom is 0.139 e. The molecule has 1 aliphatic heterocycles. The minimum absolute atomic E-state index is 0.355. The van der Waals surface area contributed by atoms with Crippen molar-refractivity contribution in [2.45, 2.75) is 50.7 Å². The number of hydrogen-bond acceptors (Lipinski definition) is 4. The summed E-state index contributed by atoms with van der Waals surface area (Å²) in [6.07, 6.45) is 7.31. The Balaban J connectivity index is 1.77. The molecule has 2 fully saturated rings. The van der Waals surface area contributed by atoms with Gasteiger partial charge in [-0.3, -0.25) is 0 Å². The molecule has 0 aromatic carbocycles. The Bertz CT molecular complexity index is 589. The van der Waals surface area contributed by atoms with Gasteiger partial charge < -0.3 is 15.4 Å². The number of pyridine rings is 1. The van der Waals surface area contributed by atoms with Gasteiger partial charge in [0.05, 0.1) is 24.3 Å². The van der Waals surface area contributed by atoms with Gasteiger partial charge >= 0.3 is 0 Å². The van der Waals surface area contributed by atoms with Gasteiger partial charge in [0.2, 0.25) is 0 Å². The van der Waals surface area contributed by atoms with E-state index in [0.717, 1.165) is 43.8 Å². The van der Waals surface area contributed by atoms with E-state index in [1.54, 1.807) is 0 Å². The van der Waals surface area contributed by atoms with E-state index in [1.807, 2.05) is 0 Å². The number of morpholine rings is 1. The van der Waals surface area contributed by atoms with E-state index in [0.29, 0.717) is 17.1 Å². The highest BCUT2D eigenvalue weighted by Gasteiger charge is 2.38. The van der Waals surface area contributed by atoms with Gasteiger partial charge in [0.25, 0.3) is 0 Å². The van der Waals surface area contributed by atoms with Gasteiger partial charge in [-0.2, -0.15) is 0 Å². The van der Waals surface area contributed by atoms with Gasteiger partial charge in [-0.25, -0.2) is 4.98 Å². The highest BCUT2D eigenvalue weighted by Crippen LogP contribution is 2.35. The molecule has 112 valence electrons. The van der Waals surface area contributed by atoms with Crippen LogP contribution in [0.15, 0.2) is 6.07 Å². The summed E-state index contributed by atoms with van der Waals surface area (Å²) in [5.74, 6) is 1.00. The lowest BCUT2D eigenvalue weighted by Crippen LogP contribution is -2.49. The molecule has 1 saturated heterocycles. The first-order valence-corrected chi connectivity index (χ1v) is 8.35. The Morgan fingerprint density at radius 1 is 1.33 bits per heavy atom. The van der Waals surface area contributed by atoms with Crippen LogP contribution in [0.4, 0.5) is 5.82 Å². The molecule has 1 aromatic rings. The fourth-order valence-electron chi connectivity index (χ4n) is 4.05. The molecule has 0 bridgehead atoms. The Labute approximate surface area is 130 Å². The van der Waals surface area contributed by atoms with Gasteiger partial charge in [-0.15, -0.1) is 0 Å². The molecule has 2 atom stereocenters. The van der Waals surface area contributed by atoms with E-state index < -0.39 is 0 Å². The van der Waals surface area contributed by atoms with Crippen molar-refractivity contribution in [3.63, 3.8) is 0 Å². The van der Waals surface area contributed by atoms with Crippen LogP contribution in [-0.4, -0.2) is 35.3 Å². The summed E-state index contributed by atoms with van der Waals surface area (Å²) < 4.78 is 5.91. The monoisotopic (exact) mass is 303 g/mol. The number of nitrogens with two attached hydrogens (primary N) is 1. The third-order valence-electron chi connectivity index (χ3n) is 5.05. The number of aryl methyl sites for hydroxylation is 2. The molecule has 2 aliphatic carbocycles. The average molecular weight is 303 g/mol. The zero-order valence-corrected chi connectivity index (χ0v) is 13.0. The average Bonchev–Trinajstić information content (AvgIpc) is 3.13. The molecule has 0 radical (unpaired) electrons. The first-order valence-electron chi connectivity index (χ1n) is 7.95. The largest absolute Gasteiger partial charge is 0.389 e. The van der Waals surface area contributed by atoms with Gasteiger partial charge in [-0.05, 0) is 50.2 Å². The van der Waals surface area contributed by atoms with Crippen molar-refractivity contribution in [3.05, 3.63) is 22.9 Å². The molecule has 3 aliphatic rings. The van der Waals surface area contributed by atoms with E-state index in [9.17, 15) is 0 Å². The normalized spacial score (nSPS) is 27.5. The highest BCUT2D eigenvalue weighted by atomic mass is 32.1. The lowest BCUT2D eigenvalue weighted by Gasteiger charge is -2.39. The second kappa shape index (κ2) is 5.21. The molecule has 21 heavy (non-hydrogen) atoms. The van der Waals surface area contributed by atoms with Crippen LogP contribution >= 0.6 is 12.2 Å². The molecular formula is C16H21N3OS. The van der Waals surface area contributed by atoms with E-state index in [4.69, 9.17) is 27.7 Å². The predicted molar refractivity (Wildman–Crippen MR) is 86.9 cm³/mol. The number of aromatic nitrogens is 1. The summed E-state index contributed by atoms with van der Waals surface area (Å²) in [5, 5.41) is 0. The second-order valence-corrected chi connectivity index (χ2v) is 6.72. The van der Waals surface area contributed by atoms with Crippen LogP contribution in [0.5, 0.6) is 0 Å². The fourth-order valence-corrected chi connectivity index (χ4v) is 4.20. The number of anilines is 1. The minimum atomic E-state index is 0.355. The van der Waals surface area contributed by atoms with Crippen LogP contribution in [0.2, 0.25) is 0 Å². The van der Waals surface area contributed by atoms with Gasteiger partial charge in [-0.1, -0.05) is 12.2 Å². The quantitative estimate of drug-likeness (QED) is 0.847. The minimum Gasteiger partial charge on any atom is -0.389 e. The Morgan fingerprint density at radius 3 is 3.10 bits per heavy atom. The van der Waals surface area contributed by atoms with E-state index in [-0.39, 0.29) is 0 Å². The van der Waals surface area contributed by atoms with Crippen LogP contribution < -0.4 is 10.6 Å². The highest BCUT2D eigenvalue weighted by molar-refractivity contribution is 7.80. The van der Waals surface area contributed by atoms with Crippen molar-refractivity contribution in [2.75, 3.05) is 18.1 Å². The van der Waals surface area contributed by atoms with Gasteiger partial charge in [0.15, 0.2) is 0 Å². The smallest absolute Gasteiger partial charge is 0.139 e. The molecule has 0 amide bonds. The lowest BCUT2D eigenvalue weighted by molar-refractivity contribution is 0.0253. The summed E-state index contributed by atoms with van der Waals surface area (Å²) in [5.41, 5.74) is 9.52. The zero-order valence-electron chi connectivity index (χ0n) is 12.2. The molecule has 4 rings (SSSR count). The molecule has 4 nitrogen and oxygen atoms in total. The van der Waals surface area contributed by atoms with Gasteiger partial charge in [0, 0.05) is 12.2 Å². The number of nitrogens with zero attached hydrogens (tertiary/aromatic N) is 2. The van der Waals surface area contributed by atoms with Crippen LogP contribution in [0.3, 0.4) is 0 Å². The maximum atomic E-state index is 5.99. The van der Waals surface area contributed by atoms with Crippen molar-refractivity contribution in [2.24, 2.45) is 5.73 Å². The van der Waals surface area contributed by atoms with E-state index in [1.165, 1.54) is 30.5 Å². The van der Waals surface area contributed by atoms with Crippen molar-refractivity contribution in [3.8, 4) is 0 Å². The molecule has 1 aromatic heterocycles. The Kier molecular flexibility index (Phi) is 3.34. The number of ether oxygens (including phenoxy) is 1. The Hall–Kier alpha value is -1.20.